The summed E-state index contributed by atoms with van der Waals surface area (Å²) in [7, 11) is 1.90. The summed E-state index contributed by atoms with van der Waals surface area (Å²) in [6.45, 7) is 7.06. The highest BCUT2D eigenvalue weighted by Crippen LogP contribution is 2.25. The Balaban J connectivity index is 2.21. The molecule has 19 heavy (non-hydrogen) atoms. The van der Waals surface area contributed by atoms with Gasteiger partial charge in [-0.05, 0) is 26.2 Å². The van der Waals surface area contributed by atoms with Crippen LogP contribution in [0.15, 0.2) is 6.33 Å². The van der Waals surface area contributed by atoms with Gasteiger partial charge in [-0.3, -0.25) is 0 Å². The SMILES string of the molecule is CCc1c(NC)ncnc1N(CC)CC1CCCO1. The van der Waals surface area contributed by atoms with Crippen molar-refractivity contribution >= 4 is 11.6 Å². The number of rotatable bonds is 6. The van der Waals surface area contributed by atoms with E-state index in [1.807, 2.05) is 7.05 Å². The Labute approximate surface area is 115 Å². The average molecular weight is 264 g/mol. The zero-order chi connectivity index (χ0) is 13.7. The maximum Gasteiger partial charge on any atom is 0.137 e. The van der Waals surface area contributed by atoms with Gasteiger partial charge >= 0.3 is 0 Å². The standard InChI is InChI=1S/C14H24N4O/c1-4-12-13(15-3)16-10-17-14(12)18(5-2)9-11-7-6-8-19-11/h10-11H,4-9H2,1-3H3,(H,15,16,17). The van der Waals surface area contributed by atoms with Crippen LogP contribution in [0, 0.1) is 0 Å². The van der Waals surface area contributed by atoms with E-state index in [9.17, 15) is 0 Å². The molecule has 0 aromatic carbocycles. The van der Waals surface area contributed by atoms with Gasteiger partial charge in [0.25, 0.3) is 0 Å². The Morgan fingerprint density at radius 1 is 1.42 bits per heavy atom. The van der Waals surface area contributed by atoms with E-state index in [1.165, 1.54) is 12.0 Å². The van der Waals surface area contributed by atoms with Crippen LogP contribution in [0.4, 0.5) is 11.6 Å². The van der Waals surface area contributed by atoms with Gasteiger partial charge in [0.2, 0.25) is 0 Å². The number of nitrogens with zero attached hydrogens (tertiary/aromatic N) is 3. The van der Waals surface area contributed by atoms with Gasteiger partial charge in [-0.25, -0.2) is 9.97 Å². The predicted molar refractivity (Wildman–Crippen MR) is 77.8 cm³/mol. The molecule has 106 valence electrons. The third-order valence-electron chi connectivity index (χ3n) is 3.64. The first kappa shape index (κ1) is 14.1. The van der Waals surface area contributed by atoms with Crippen molar-refractivity contribution in [1.82, 2.24) is 9.97 Å². The van der Waals surface area contributed by atoms with Crippen LogP contribution in [0.1, 0.15) is 32.3 Å². The van der Waals surface area contributed by atoms with Crippen molar-refractivity contribution < 1.29 is 4.74 Å². The largest absolute Gasteiger partial charge is 0.376 e. The first-order valence-electron chi connectivity index (χ1n) is 7.18. The van der Waals surface area contributed by atoms with Crippen molar-refractivity contribution in [3.8, 4) is 0 Å². The van der Waals surface area contributed by atoms with Crippen LogP contribution in [0.25, 0.3) is 0 Å². The zero-order valence-corrected chi connectivity index (χ0v) is 12.1. The van der Waals surface area contributed by atoms with E-state index < -0.39 is 0 Å². The molecule has 1 aliphatic rings. The summed E-state index contributed by atoms with van der Waals surface area (Å²) in [6.07, 6.45) is 5.24. The Morgan fingerprint density at radius 3 is 2.84 bits per heavy atom. The maximum atomic E-state index is 5.74. The lowest BCUT2D eigenvalue weighted by atomic mass is 10.1. The molecule has 1 aromatic heterocycles. The molecule has 1 aliphatic heterocycles. The molecule has 1 aromatic rings. The van der Waals surface area contributed by atoms with Crippen molar-refractivity contribution in [1.29, 1.82) is 0 Å². The van der Waals surface area contributed by atoms with Crippen LogP contribution in [-0.2, 0) is 11.2 Å². The highest BCUT2D eigenvalue weighted by molar-refractivity contribution is 5.58. The van der Waals surface area contributed by atoms with E-state index in [0.717, 1.165) is 44.2 Å². The lowest BCUT2D eigenvalue weighted by molar-refractivity contribution is 0.115. The summed E-state index contributed by atoms with van der Waals surface area (Å²) in [6, 6.07) is 0. The van der Waals surface area contributed by atoms with Crippen LogP contribution < -0.4 is 10.2 Å². The van der Waals surface area contributed by atoms with E-state index in [2.05, 4.69) is 34.0 Å². The molecular weight excluding hydrogens is 240 g/mol. The first-order valence-corrected chi connectivity index (χ1v) is 7.18. The second-order valence-corrected chi connectivity index (χ2v) is 4.80. The Bertz CT molecular complexity index is 404. The lowest BCUT2D eigenvalue weighted by Gasteiger charge is -2.27. The fourth-order valence-corrected chi connectivity index (χ4v) is 2.62. The van der Waals surface area contributed by atoms with Gasteiger partial charge in [0.1, 0.15) is 18.0 Å². The van der Waals surface area contributed by atoms with Crippen molar-refractivity contribution in [3.63, 3.8) is 0 Å². The Kier molecular flexibility index (Phi) is 4.96. The van der Waals surface area contributed by atoms with Crippen molar-refractivity contribution in [2.24, 2.45) is 0 Å². The summed E-state index contributed by atoms with van der Waals surface area (Å²) in [4.78, 5) is 11.1. The lowest BCUT2D eigenvalue weighted by Crippen LogP contribution is -2.33. The van der Waals surface area contributed by atoms with Gasteiger partial charge in [-0.2, -0.15) is 0 Å². The summed E-state index contributed by atoms with van der Waals surface area (Å²) < 4.78 is 5.74. The Hall–Kier alpha value is -1.36. The molecule has 1 atom stereocenters. The molecule has 5 nitrogen and oxygen atoms in total. The molecule has 0 bridgehead atoms. The third kappa shape index (κ3) is 3.15. The van der Waals surface area contributed by atoms with Gasteiger partial charge in [0, 0.05) is 32.3 Å². The second kappa shape index (κ2) is 6.70. The average Bonchev–Trinajstić information content (AvgIpc) is 2.96. The molecule has 1 unspecified atom stereocenters. The summed E-state index contributed by atoms with van der Waals surface area (Å²) in [5.41, 5.74) is 1.19. The molecular formula is C14H24N4O. The Morgan fingerprint density at radius 2 is 2.26 bits per heavy atom. The van der Waals surface area contributed by atoms with Crippen LogP contribution >= 0.6 is 0 Å². The van der Waals surface area contributed by atoms with E-state index in [4.69, 9.17) is 4.74 Å². The van der Waals surface area contributed by atoms with E-state index in [0.29, 0.717) is 6.10 Å². The van der Waals surface area contributed by atoms with E-state index in [-0.39, 0.29) is 0 Å². The first-order chi connectivity index (χ1) is 9.30. The van der Waals surface area contributed by atoms with Crippen LogP contribution in [-0.4, -0.2) is 42.8 Å². The van der Waals surface area contributed by atoms with Gasteiger partial charge in [0.15, 0.2) is 0 Å². The fraction of sp³-hybridized carbons (Fsp3) is 0.714. The quantitative estimate of drug-likeness (QED) is 0.852. The summed E-state index contributed by atoms with van der Waals surface area (Å²) in [5, 5.41) is 3.15. The number of hydrogen-bond donors (Lipinski definition) is 1. The predicted octanol–water partition coefficient (Wildman–Crippen LogP) is 2.09. The van der Waals surface area contributed by atoms with Crippen molar-refractivity contribution in [3.05, 3.63) is 11.9 Å². The molecule has 5 heteroatoms. The second-order valence-electron chi connectivity index (χ2n) is 4.80. The third-order valence-corrected chi connectivity index (χ3v) is 3.64. The molecule has 0 amide bonds. The number of anilines is 2. The minimum atomic E-state index is 0.345. The molecule has 0 saturated carbocycles. The number of aromatic nitrogens is 2. The van der Waals surface area contributed by atoms with Crippen molar-refractivity contribution in [2.75, 3.05) is 37.0 Å². The molecule has 2 rings (SSSR count). The maximum absolute atomic E-state index is 5.74. The molecule has 0 spiro atoms. The molecule has 1 saturated heterocycles. The molecule has 1 N–H and O–H groups in total. The van der Waals surface area contributed by atoms with Gasteiger partial charge in [-0.15, -0.1) is 0 Å². The number of likely N-dealkylation sites (N-methyl/N-ethyl adjacent to an activating group) is 1. The molecule has 0 aliphatic carbocycles. The van der Waals surface area contributed by atoms with E-state index in [1.54, 1.807) is 6.33 Å². The monoisotopic (exact) mass is 264 g/mol. The smallest absolute Gasteiger partial charge is 0.137 e. The van der Waals surface area contributed by atoms with Gasteiger partial charge < -0.3 is 15.0 Å². The fourth-order valence-electron chi connectivity index (χ4n) is 2.62. The summed E-state index contributed by atoms with van der Waals surface area (Å²) in [5.74, 6) is 1.97. The molecule has 1 fully saturated rings. The minimum Gasteiger partial charge on any atom is -0.376 e. The highest BCUT2D eigenvalue weighted by atomic mass is 16.5. The van der Waals surface area contributed by atoms with Crippen molar-refractivity contribution in [2.45, 2.75) is 39.2 Å². The van der Waals surface area contributed by atoms with E-state index >= 15 is 0 Å². The minimum absolute atomic E-state index is 0.345. The highest BCUT2D eigenvalue weighted by Gasteiger charge is 2.21. The molecule has 2 heterocycles. The van der Waals surface area contributed by atoms with Crippen LogP contribution in [0.2, 0.25) is 0 Å². The van der Waals surface area contributed by atoms with Gasteiger partial charge in [0.05, 0.1) is 6.10 Å². The van der Waals surface area contributed by atoms with Gasteiger partial charge in [-0.1, -0.05) is 6.92 Å². The zero-order valence-electron chi connectivity index (χ0n) is 12.1. The summed E-state index contributed by atoms with van der Waals surface area (Å²) >= 11 is 0. The number of ether oxygens (including phenoxy) is 1. The topological polar surface area (TPSA) is 50.3 Å². The van der Waals surface area contributed by atoms with Crippen LogP contribution in [0.3, 0.4) is 0 Å². The molecule has 0 radical (unpaired) electrons. The normalized spacial score (nSPS) is 18.6. The number of hydrogen-bond acceptors (Lipinski definition) is 5. The number of nitrogens with one attached hydrogen (secondary N) is 1. The van der Waals surface area contributed by atoms with Crippen LogP contribution in [0.5, 0.6) is 0 Å².